The number of fused-ring (bicyclic) bond motifs is 3. The molecular formula is C24H30F2O9S. The molecule has 11 unspecified atom stereocenters. The molecule has 6 aliphatic rings. The summed E-state index contributed by atoms with van der Waals surface area (Å²) in [5.41, 5.74) is -0.648. The molecule has 11 atom stereocenters. The lowest BCUT2D eigenvalue weighted by atomic mass is 9.52. The van der Waals surface area contributed by atoms with Gasteiger partial charge in [0.1, 0.15) is 17.8 Å². The maximum atomic E-state index is 13.9. The van der Waals surface area contributed by atoms with Gasteiger partial charge < -0.3 is 14.2 Å². The number of carbonyl (C=O) groups excluding carboxylic acids is 3. The normalized spacial score (nSPS) is 46.5. The number of halogens is 2. The molecule has 1 N–H and O–H groups in total. The molecule has 1 heterocycles. The summed E-state index contributed by atoms with van der Waals surface area (Å²) in [6, 6.07) is 0. The van der Waals surface area contributed by atoms with Gasteiger partial charge in [0.05, 0.1) is 11.8 Å². The van der Waals surface area contributed by atoms with E-state index in [4.69, 9.17) is 18.8 Å². The van der Waals surface area contributed by atoms with Crippen molar-refractivity contribution in [2.75, 3.05) is 0 Å². The van der Waals surface area contributed by atoms with E-state index in [0.717, 1.165) is 25.7 Å². The third-order valence-corrected chi connectivity index (χ3v) is 11.1. The predicted octanol–water partition coefficient (Wildman–Crippen LogP) is 2.72. The molecule has 0 spiro atoms. The first-order valence-electron chi connectivity index (χ1n) is 12.9. The zero-order chi connectivity index (χ0) is 25.8. The van der Waals surface area contributed by atoms with Crippen LogP contribution in [-0.2, 0) is 38.7 Å². The molecule has 0 aromatic carbocycles. The summed E-state index contributed by atoms with van der Waals surface area (Å²) in [5, 5.41) is -5.18. The van der Waals surface area contributed by atoms with Crippen LogP contribution < -0.4 is 0 Å². The van der Waals surface area contributed by atoms with E-state index in [1.165, 1.54) is 12.8 Å². The number of alkyl halides is 2. The standard InChI is InChI=1S/C24H30F2O9S/c1-2-23(9-11-4-3-10-5-12(11)7-13(23)6-10)35-21(28)17-15-8-14-16(17)20(27)33-18(14)19(15)34-22(29)24(25,26)36(30,31)32/h10-19H,2-9H2,1H3,(H,30,31,32). The van der Waals surface area contributed by atoms with Gasteiger partial charge in [-0.15, -0.1) is 0 Å². The van der Waals surface area contributed by atoms with Crippen LogP contribution in [0.15, 0.2) is 0 Å². The topological polar surface area (TPSA) is 133 Å². The minimum atomic E-state index is -6.06. The molecule has 0 amide bonds. The van der Waals surface area contributed by atoms with Crippen LogP contribution in [0.3, 0.4) is 0 Å². The largest absolute Gasteiger partial charge is 0.465 e. The first kappa shape index (κ1) is 24.5. The van der Waals surface area contributed by atoms with Crippen molar-refractivity contribution in [1.29, 1.82) is 0 Å². The first-order valence-corrected chi connectivity index (χ1v) is 14.3. The Labute approximate surface area is 207 Å². The van der Waals surface area contributed by atoms with E-state index in [9.17, 15) is 31.6 Å². The molecule has 6 rings (SSSR count). The van der Waals surface area contributed by atoms with Crippen molar-refractivity contribution in [3.8, 4) is 0 Å². The number of ether oxygens (including phenoxy) is 3. The Hall–Kier alpha value is -1.82. The Morgan fingerprint density at radius 3 is 2.58 bits per heavy atom. The molecule has 5 saturated carbocycles. The van der Waals surface area contributed by atoms with E-state index in [-0.39, 0.29) is 12.3 Å². The summed E-state index contributed by atoms with van der Waals surface area (Å²) in [7, 11) is -6.06. The molecule has 0 aromatic rings. The third kappa shape index (κ3) is 3.31. The maximum Gasteiger partial charge on any atom is 0.465 e. The average Bonchev–Trinajstić information content (AvgIpc) is 3.42. The SMILES string of the molecule is CCC1(OC(=O)C2C3CC4C(OC(=O)C42)C3OC(=O)C(F)(F)S(=O)(=O)O)CC2CCC3CC2CC1C3. The molecule has 0 radical (unpaired) electrons. The van der Waals surface area contributed by atoms with Crippen LogP contribution in [0.5, 0.6) is 0 Å². The van der Waals surface area contributed by atoms with Gasteiger partial charge in [-0.2, -0.15) is 17.2 Å². The molecule has 1 aliphatic heterocycles. The lowest BCUT2D eigenvalue weighted by Crippen LogP contribution is -2.55. The van der Waals surface area contributed by atoms with Crippen molar-refractivity contribution in [2.24, 2.45) is 47.3 Å². The van der Waals surface area contributed by atoms with E-state index in [0.29, 0.717) is 24.2 Å². The highest BCUT2D eigenvalue weighted by Gasteiger charge is 2.71. The molecule has 6 fully saturated rings. The summed E-state index contributed by atoms with van der Waals surface area (Å²) in [5.74, 6) is -4.89. The van der Waals surface area contributed by atoms with Gasteiger partial charge >= 0.3 is 33.3 Å². The van der Waals surface area contributed by atoms with Crippen molar-refractivity contribution in [2.45, 2.75) is 81.4 Å². The Balaban J connectivity index is 1.25. The average molecular weight is 533 g/mol. The van der Waals surface area contributed by atoms with Crippen LogP contribution in [-0.4, -0.2) is 53.9 Å². The minimum absolute atomic E-state index is 0.228. The Kier molecular flexibility index (Phi) is 5.34. The van der Waals surface area contributed by atoms with E-state index in [2.05, 4.69) is 0 Å². The van der Waals surface area contributed by atoms with Gasteiger partial charge in [0.15, 0.2) is 0 Å². The Morgan fingerprint density at radius 1 is 1.14 bits per heavy atom. The lowest BCUT2D eigenvalue weighted by molar-refractivity contribution is -0.200. The van der Waals surface area contributed by atoms with E-state index >= 15 is 0 Å². The van der Waals surface area contributed by atoms with E-state index in [1.807, 2.05) is 6.92 Å². The second-order valence-corrected chi connectivity index (χ2v) is 13.3. The van der Waals surface area contributed by atoms with Crippen LogP contribution in [0.2, 0.25) is 0 Å². The van der Waals surface area contributed by atoms with Crippen LogP contribution in [0.4, 0.5) is 8.78 Å². The second-order valence-electron chi connectivity index (χ2n) is 11.8. The number of hydrogen-bond donors (Lipinski definition) is 1. The molecule has 5 aliphatic carbocycles. The fraction of sp³-hybridized carbons (Fsp3) is 0.875. The van der Waals surface area contributed by atoms with Gasteiger partial charge in [-0.1, -0.05) is 13.3 Å². The van der Waals surface area contributed by atoms with Crippen molar-refractivity contribution >= 4 is 28.0 Å². The minimum Gasteiger partial charge on any atom is -0.459 e. The van der Waals surface area contributed by atoms with Crippen molar-refractivity contribution in [1.82, 2.24) is 0 Å². The molecule has 36 heavy (non-hydrogen) atoms. The molecule has 1 saturated heterocycles. The second kappa shape index (κ2) is 7.85. The summed E-state index contributed by atoms with van der Waals surface area (Å²) < 4.78 is 74.9. The number of hydrogen-bond acceptors (Lipinski definition) is 8. The molecule has 200 valence electrons. The smallest absolute Gasteiger partial charge is 0.459 e. The summed E-state index contributed by atoms with van der Waals surface area (Å²) in [6.45, 7) is 2.00. The van der Waals surface area contributed by atoms with Crippen LogP contribution >= 0.6 is 0 Å². The molecular weight excluding hydrogens is 502 g/mol. The highest BCUT2D eigenvalue weighted by Crippen LogP contribution is 2.61. The van der Waals surface area contributed by atoms with Crippen molar-refractivity contribution in [3.05, 3.63) is 0 Å². The summed E-state index contributed by atoms with van der Waals surface area (Å²) in [6.07, 6.45) is 4.74. The highest BCUT2D eigenvalue weighted by molar-refractivity contribution is 7.87. The van der Waals surface area contributed by atoms with Crippen LogP contribution in [0.25, 0.3) is 0 Å². The zero-order valence-corrected chi connectivity index (χ0v) is 20.6. The van der Waals surface area contributed by atoms with Crippen LogP contribution in [0.1, 0.15) is 58.3 Å². The fourth-order valence-corrected chi connectivity index (χ4v) is 9.02. The Bertz CT molecular complexity index is 1110. The van der Waals surface area contributed by atoms with Crippen molar-refractivity contribution in [3.63, 3.8) is 0 Å². The van der Waals surface area contributed by atoms with Gasteiger partial charge in [-0.25, -0.2) is 4.79 Å². The van der Waals surface area contributed by atoms with Gasteiger partial charge in [0.2, 0.25) is 0 Å². The molecule has 5 bridgehead atoms. The van der Waals surface area contributed by atoms with E-state index < -0.39 is 74.8 Å². The van der Waals surface area contributed by atoms with Gasteiger partial charge in [-0.05, 0) is 68.6 Å². The van der Waals surface area contributed by atoms with Crippen LogP contribution in [0, 0.1) is 47.3 Å². The van der Waals surface area contributed by atoms with Gasteiger partial charge in [0.25, 0.3) is 0 Å². The Morgan fingerprint density at radius 2 is 1.89 bits per heavy atom. The zero-order valence-electron chi connectivity index (χ0n) is 19.8. The fourth-order valence-electron chi connectivity index (χ4n) is 8.76. The highest BCUT2D eigenvalue weighted by atomic mass is 32.2. The summed E-state index contributed by atoms with van der Waals surface area (Å²) >= 11 is 0. The quantitative estimate of drug-likeness (QED) is 0.311. The first-order chi connectivity index (χ1) is 16.9. The predicted molar refractivity (Wildman–Crippen MR) is 116 cm³/mol. The van der Waals surface area contributed by atoms with Crippen molar-refractivity contribution < 1.29 is 50.3 Å². The number of carbonyl (C=O) groups is 3. The van der Waals surface area contributed by atoms with Gasteiger partial charge in [-0.3, -0.25) is 14.1 Å². The third-order valence-electron chi connectivity index (χ3n) is 10.3. The molecule has 9 nitrogen and oxygen atoms in total. The number of rotatable bonds is 6. The lowest BCUT2D eigenvalue weighted by Gasteiger charge is -2.56. The molecule has 12 heteroatoms. The summed E-state index contributed by atoms with van der Waals surface area (Å²) in [4.78, 5) is 38.4. The van der Waals surface area contributed by atoms with Gasteiger partial charge in [0, 0.05) is 11.8 Å². The monoisotopic (exact) mass is 532 g/mol. The number of esters is 3. The maximum absolute atomic E-state index is 13.9. The molecule has 0 aromatic heterocycles. The van der Waals surface area contributed by atoms with E-state index in [1.54, 1.807) is 0 Å².